The Balaban J connectivity index is 1.54. The van der Waals surface area contributed by atoms with Crippen LogP contribution in [0.25, 0.3) is 10.9 Å². The molecule has 0 aliphatic carbocycles. The zero-order valence-corrected chi connectivity index (χ0v) is 13.9. The molecule has 0 fully saturated rings. The third-order valence-corrected chi connectivity index (χ3v) is 3.92. The number of ketones is 1. The van der Waals surface area contributed by atoms with Crippen LogP contribution < -0.4 is 5.32 Å². The summed E-state index contributed by atoms with van der Waals surface area (Å²) in [5.74, 6) is 5.86. The average molecular weight is 330 g/mol. The van der Waals surface area contributed by atoms with Crippen molar-refractivity contribution in [1.29, 1.82) is 0 Å². The molecular weight excluding hydrogens is 312 g/mol. The first-order valence-electron chi connectivity index (χ1n) is 8.05. The van der Waals surface area contributed by atoms with Gasteiger partial charge in [-0.05, 0) is 30.7 Å². The highest BCUT2D eigenvalue weighted by Crippen LogP contribution is 2.17. The van der Waals surface area contributed by atoms with Crippen LogP contribution in [0.2, 0.25) is 0 Å². The van der Waals surface area contributed by atoms with Gasteiger partial charge in [-0.1, -0.05) is 42.2 Å². The maximum absolute atomic E-state index is 12.1. The molecule has 2 N–H and O–H groups in total. The van der Waals surface area contributed by atoms with Crippen molar-refractivity contribution in [2.24, 2.45) is 0 Å². The summed E-state index contributed by atoms with van der Waals surface area (Å²) >= 11 is 0. The Morgan fingerprint density at radius 1 is 1.08 bits per heavy atom. The van der Waals surface area contributed by atoms with E-state index in [1.54, 1.807) is 24.3 Å². The van der Waals surface area contributed by atoms with E-state index in [1.165, 1.54) is 6.92 Å². The van der Waals surface area contributed by atoms with E-state index in [9.17, 15) is 9.59 Å². The second-order valence-electron chi connectivity index (χ2n) is 5.75. The van der Waals surface area contributed by atoms with Crippen LogP contribution in [0, 0.1) is 11.8 Å². The van der Waals surface area contributed by atoms with Gasteiger partial charge in [0.05, 0.1) is 13.0 Å². The van der Waals surface area contributed by atoms with E-state index < -0.39 is 0 Å². The minimum absolute atomic E-state index is 0.0315. The number of hydrogen-bond acceptors (Lipinski definition) is 2. The van der Waals surface area contributed by atoms with E-state index in [0.717, 1.165) is 22.0 Å². The number of fused-ring (bicyclic) bond motifs is 1. The number of hydrogen-bond donors (Lipinski definition) is 2. The number of para-hydroxylation sites is 1. The van der Waals surface area contributed by atoms with Gasteiger partial charge in [0, 0.05) is 28.2 Å². The highest BCUT2D eigenvalue weighted by Gasteiger charge is 2.07. The van der Waals surface area contributed by atoms with E-state index in [0.29, 0.717) is 12.0 Å². The molecule has 4 heteroatoms. The molecule has 0 unspecified atom stereocenters. The van der Waals surface area contributed by atoms with Crippen molar-refractivity contribution in [2.75, 3.05) is 6.54 Å². The lowest BCUT2D eigenvalue weighted by molar-refractivity contribution is -0.120. The van der Waals surface area contributed by atoms with Crippen LogP contribution in [-0.2, 0) is 11.2 Å². The number of Topliss-reactive ketones (excluding diaryl/α,β-unsaturated/α-hetero) is 1. The topological polar surface area (TPSA) is 62.0 Å². The summed E-state index contributed by atoms with van der Waals surface area (Å²) in [5, 5.41) is 3.87. The van der Waals surface area contributed by atoms with E-state index in [4.69, 9.17) is 0 Å². The number of amides is 1. The molecule has 0 saturated carbocycles. The number of carbonyl (C=O) groups excluding carboxylic acids is 2. The van der Waals surface area contributed by atoms with Crippen LogP contribution in [0.15, 0.2) is 54.7 Å². The Kier molecular flexibility index (Phi) is 4.96. The highest BCUT2D eigenvalue weighted by molar-refractivity contribution is 5.94. The number of aromatic amines is 1. The minimum Gasteiger partial charge on any atom is -0.361 e. The van der Waals surface area contributed by atoms with Crippen molar-refractivity contribution in [3.8, 4) is 11.8 Å². The quantitative estimate of drug-likeness (QED) is 0.570. The molecule has 25 heavy (non-hydrogen) atoms. The lowest BCUT2D eigenvalue weighted by Gasteiger charge is -2.00. The van der Waals surface area contributed by atoms with Gasteiger partial charge in [-0.2, -0.15) is 0 Å². The van der Waals surface area contributed by atoms with E-state index >= 15 is 0 Å². The Morgan fingerprint density at radius 2 is 1.84 bits per heavy atom. The van der Waals surface area contributed by atoms with Gasteiger partial charge in [-0.25, -0.2) is 0 Å². The molecule has 0 spiro atoms. The number of nitrogens with one attached hydrogen (secondary N) is 2. The molecule has 1 aromatic heterocycles. The summed E-state index contributed by atoms with van der Waals surface area (Å²) in [6.45, 7) is 1.82. The van der Waals surface area contributed by atoms with Crippen molar-refractivity contribution < 1.29 is 9.59 Å². The van der Waals surface area contributed by atoms with E-state index in [2.05, 4.69) is 22.1 Å². The predicted octanol–water partition coefficient (Wildman–Crippen LogP) is 3.08. The zero-order chi connectivity index (χ0) is 17.6. The van der Waals surface area contributed by atoms with Gasteiger partial charge in [0.15, 0.2) is 5.78 Å². The fourth-order valence-electron chi connectivity index (χ4n) is 2.59. The van der Waals surface area contributed by atoms with Crippen LogP contribution in [0.5, 0.6) is 0 Å². The first-order valence-corrected chi connectivity index (χ1v) is 8.05. The molecule has 3 aromatic rings. The summed E-state index contributed by atoms with van der Waals surface area (Å²) in [5.41, 5.74) is 3.48. The predicted molar refractivity (Wildman–Crippen MR) is 98.3 cm³/mol. The summed E-state index contributed by atoms with van der Waals surface area (Å²) in [4.78, 5) is 26.4. The molecule has 2 aromatic carbocycles. The van der Waals surface area contributed by atoms with Crippen LogP contribution in [0.3, 0.4) is 0 Å². The molecule has 0 aliphatic rings. The van der Waals surface area contributed by atoms with Crippen LogP contribution in [0.1, 0.15) is 28.4 Å². The molecule has 1 amide bonds. The normalized spacial score (nSPS) is 10.1. The van der Waals surface area contributed by atoms with Gasteiger partial charge >= 0.3 is 0 Å². The van der Waals surface area contributed by atoms with Crippen LogP contribution in [-0.4, -0.2) is 23.2 Å². The Hall–Kier alpha value is -3.32. The standard InChI is InChI=1S/C21H18N2O2/c1-15(24)17-10-8-16(9-11-17)5-4-12-22-21(25)13-18-14-23-20-7-3-2-6-19(18)20/h2-3,6-11,14,23H,12-13H2,1H3,(H,22,25). The molecule has 0 radical (unpaired) electrons. The van der Waals surface area contributed by atoms with Gasteiger partial charge in [-0.3, -0.25) is 9.59 Å². The second-order valence-corrected chi connectivity index (χ2v) is 5.75. The molecule has 1 heterocycles. The molecule has 0 aliphatic heterocycles. The maximum atomic E-state index is 12.1. The summed E-state index contributed by atoms with van der Waals surface area (Å²) in [6.07, 6.45) is 2.19. The van der Waals surface area contributed by atoms with Gasteiger partial charge < -0.3 is 10.3 Å². The van der Waals surface area contributed by atoms with Crippen molar-refractivity contribution in [3.05, 3.63) is 71.4 Å². The fraction of sp³-hybridized carbons (Fsp3) is 0.143. The fourth-order valence-corrected chi connectivity index (χ4v) is 2.59. The third-order valence-electron chi connectivity index (χ3n) is 3.92. The minimum atomic E-state index is -0.0639. The number of carbonyl (C=O) groups is 2. The van der Waals surface area contributed by atoms with Crippen molar-refractivity contribution in [1.82, 2.24) is 10.3 Å². The molecule has 4 nitrogen and oxygen atoms in total. The number of benzene rings is 2. The third kappa shape index (κ3) is 4.15. The van der Waals surface area contributed by atoms with Crippen molar-refractivity contribution in [2.45, 2.75) is 13.3 Å². The molecular formula is C21H18N2O2. The van der Waals surface area contributed by atoms with Gasteiger partial charge in [0.1, 0.15) is 0 Å². The molecule has 0 saturated heterocycles. The lowest BCUT2D eigenvalue weighted by Crippen LogP contribution is -2.25. The lowest BCUT2D eigenvalue weighted by atomic mass is 10.1. The second kappa shape index (κ2) is 7.50. The first-order chi connectivity index (χ1) is 12.1. The van der Waals surface area contributed by atoms with E-state index in [1.807, 2.05) is 30.5 Å². The molecule has 0 atom stereocenters. The zero-order valence-electron chi connectivity index (χ0n) is 13.9. The molecule has 124 valence electrons. The van der Waals surface area contributed by atoms with Gasteiger partial charge in [0.2, 0.25) is 5.91 Å². The summed E-state index contributed by atoms with van der Waals surface area (Å²) in [7, 11) is 0. The molecule has 3 rings (SSSR count). The number of rotatable bonds is 4. The summed E-state index contributed by atoms with van der Waals surface area (Å²) < 4.78 is 0. The largest absolute Gasteiger partial charge is 0.361 e. The Bertz CT molecular complexity index is 972. The molecule has 0 bridgehead atoms. The monoisotopic (exact) mass is 330 g/mol. The Labute approximate surface area is 146 Å². The smallest absolute Gasteiger partial charge is 0.225 e. The Morgan fingerprint density at radius 3 is 2.60 bits per heavy atom. The van der Waals surface area contributed by atoms with Gasteiger partial charge in [0.25, 0.3) is 0 Å². The number of aromatic nitrogens is 1. The van der Waals surface area contributed by atoms with E-state index in [-0.39, 0.29) is 18.2 Å². The van der Waals surface area contributed by atoms with Crippen LogP contribution in [0.4, 0.5) is 0 Å². The van der Waals surface area contributed by atoms with Crippen molar-refractivity contribution >= 4 is 22.6 Å². The van der Waals surface area contributed by atoms with Crippen molar-refractivity contribution in [3.63, 3.8) is 0 Å². The highest BCUT2D eigenvalue weighted by atomic mass is 16.1. The summed E-state index contributed by atoms with van der Waals surface area (Å²) in [6, 6.07) is 15.0. The first kappa shape index (κ1) is 16.5. The average Bonchev–Trinajstić information content (AvgIpc) is 3.02. The van der Waals surface area contributed by atoms with Crippen LogP contribution >= 0.6 is 0 Å². The number of H-pyrrole nitrogens is 1. The van der Waals surface area contributed by atoms with Gasteiger partial charge in [-0.15, -0.1) is 0 Å². The maximum Gasteiger partial charge on any atom is 0.225 e. The SMILES string of the molecule is CC(=O)c1ccc(C#CCNC(=O)Cc2c[nH]c3ccccc23)cc1.